The Bertz CT molecular complexity index is 395. The summed E-state index contributed by atoms with van der Waals surface area (Å²) < 4.78 is 5.40. The minimum Gasteiger partial charge on any atom is -0.374 e. The van der Waals surface area contributed by atoms with Crippen LogP contribution >= 0.6 is 0 Å². The summed E-state index contributed by atoms with van der Waals surface area (Å²) in [5.74, 6) is 3.08. The molecule has 0 fully saturated rings. The maximum atomic E-state index is 5.40. The molecule has 1 unspecified atom stereocenters. The van der Waals surface area contributed by atoms with Crippen LogP contribution in [0.25, 0.3) is 0 Å². The Morgan fingerprint density at radius 2 is 1.85 bits per heavy atom. The summed E-state index contributed by atoms with van der Waals surface area (Å²) in [6.07, 6.45) is 1.11. The van der Waals surface area contributed by atoms with E-state index in [0.29, 0.717) is 31.0 Å². The van der Waals surface area contributed by atoms with Gasteiger partial charge in [0.1, 0.15) is 18.2 Å². The van der Waals surface area contributed by atoms with Crippen LogP contribution in [0, 0.1) is 5.92 Å². The lowest BCUT2D eigenvalue weighted by molar-refractivity contribution is 0.128. The SMILES string of the molecule is CCNc1cc(NC(C)CC(C)C)nc(COCC)n1. The van der Waals surface area contributed by atoms with Gasteiger partial charge < -0.3 is 15.4 Å². The van der Waals surface area contributed by atoms with Crippen molar-refractivity contribution in [2.75, 3.05) is 23.8 Å². The van der Waals surface area contributed by atoms with Gasteiger partial charge in [-0.05, 0) is 33.1 Å². The third-order valence-corrected chi connectivity index (χ3v) is 2.78. The van der Waals surface area contributed by atoms with Gasteiger partial charge in [-0.1, -0.05) is 13.8 Å². The van der Waals surface area contributed by atoms with E-state index in [-0.39, 0.29) is 0 Å². The van der Waals surface area contributed by atoms with Crippen molar-refractivity contribution in [1.82, 2.24) is 9.97 Å². The number of anilines is 2. The third-order valence-electron chi connectivity index (χ3n) is 2.78. The van der Waals surface area contributed by atoms with Crippen molar-refractivity contribution in [3.05, 3.63) is 11.9 Å². The molecule has 0 aromatic carbocycles. The van der Waals surface area contributed by atoms with Gasteiger partial charge in [0.25, 0.3) is 0 Å². The number of hydrogen-bond acceptors (Lipinski definition) is 5. The summed E-state index contributed by atoms with van der Waals surface area (Å²) in [4.78, 5) is 8.95. The quantitative estimate of drug-likeness (QED) is 0.727. The van der Waals surface area contributed by atoms with Crippen LogP contribution < -0.4 is 10.6 Å². The molecule has 1 atom stereocenters. The summed E-state index contributed by atoms with van der Waals surface area (Å²) >= 11 is 0. The van der Waals surface area contributed by atoms with E-state index in [1.54, 1.807) is 0 Å². The second-order valence-corrected chi connectivity index (χ2v) is 5.40. The first kappa shape index (κ1) is 16.7. The predicted octanol–water partition coefficient (Wildman–Crippen LogP) is 3.29. The van der Waals surface area contributed by atoms with Crippen molar-refractivity contribution in [3.8, 4) is 0 Å². The predicted molar refractivity (Wildman–Crippen MR) is 84.1 cm³/mol. The van der Waals surface area contributed by atoms with Gasteiger partial charge in [0, 0.05) is 25.3 Å². The second-order valence-electron chi connectivity index (χ2n) is 5.40. The van der Waals surface area contributed by atoms with Crippen LogP contribution in [0.3, 0.4) is 0 Å². The Labute approximate surface area is 122 Å². The Kier molecular flexibility index (Phi) is 7.30. The molecular formula is C15H28N4O. The lowest BCUT2D eigenvalue weighted by Gasteiger charge is -2.17. The maximum absolute atomic E-state index is 5.40. The topological polar surface area (TPSA) is 59.1 Å². The largest absolute Gasteiger partial charge is 0.374 e. The summed E-state index contributed by atoms with van der Waals surface area (Å²) in [6, 6.07) is 2.34. The van der Waals surface area contributed by atoms with Gasteiger partial charge in [0.2, 0.25) is 0 Å². The van der Waals surface area contributed by atoms with E-state index in [4.69, 9.17) is 4.74 Å². The molecule has 0 radical (unpaired) electrons. The molecule has 114 valence electrons. The van der Waals surface area contributed by atoms with Crippen LogP contribution in [0.15, 0.2) is 6.07 Å². The Morgan fingerprint density at radius 3 is 2.45 bits per heavy atom. The fraction of sp³-hybridized carbons (Fsp3) is 0.733. The third kappa shape index (κ3) is 6.19. The molecule has 1 aromatic heterocycles. The fourth-order valence-corrected chi connectivity index (χ4v) is 2.12. The average molecular weight is 280 g/mol. The van der Waals surface area contributed by atoms with E-state index in [9.17, 15) is 0 Å². The van der Waals surface area contributed by atoms with Crippen molar-refractivity contribution >= 4 is 11.6 Å². The molecular weight excluding hydrogens is 252 g/mol. The van der Waals surface area contributed by atoms with Crippen molar-refractivity contribution in [3.63, 3.8) is 0 Å². The van der Waals surface area contributed by atoms with Crippen molar-refractivity contribution < 1.29 is 4.74 Å². The van der Waals surface area contributed by atoms with Gasteiger partial charge in [0.15, 0.2) is 5.82 Å². The smallest absolute Gasteiger partial charge is 0.158 e. The van der Waals surface area contributed by atoms with Crippen molar-refractivity contribution in [2.24, 2.45) is 5.92 Å². The number of nitrogens with one attached hydrogen (secondary N) is 2. The molecule has 2 N–H and O–H groups in total. The number of nitrogens with zero attached hydrogens (tertiary/aromatic N) is 2. The molecule has 0 saturated heterocycles. The number of ether oxygens (including phenoxy) is 1. The van der Waals surface area contributed by atoms with Crippen molar-refractivity contribution in [2.45, 2.75) is 53.7 Å². The molecule has 1 aromatic rings. The van der Waals surface area contributed by atoms with Gasteiger partial charge in [-0.3, -0.25) is 0 Å². The van der Waals surface area contributed by atoms with Crippen LogP contribution in [0.2, 0.25) is 0 Å². The zero-order chi connectivity index (χ0) is 15.0. The lowest BCUT2D eigenvalue weighted by atomic mass is 10.1. The van der Waals surface area contributed by atoms with Gasteiger partial charge >= 0.3 is 0 Å². The number of aromatic nitrogens is 2. The van der Waals surface area contributed by atoms with Crippen LogP contribution in [-0.4, -0.2) is 29.2 Å². The fourth-order valence-electron chi connectivity index (χ4n) is 2.12. The minimum absolute atomic E-state index is 0.388. The number of hydrogen-bond donors (Lipinski definition) is 2. The first-order valence-electron chi connectivity index (χ1n) is 7.51. The number of rotatable bonds is 9. The van der Waals surface area contributed by atoms with Gasteiger partial charge in [-0.2, -0.15) is 0 Å². The summed E-state index contributed by atoms with van der Waals surface area (Å²) in [5, 5.41) is 6.67. The maximum Gasteiger partial charge on any atom is 0.158 e. The summed E-state index contributed by atoms with van der Waals surface area (Å²) in [7, 11) is 0. The molecule has 0 aliphatic carbocycles. The highest BCUT2D eigenvalue weighted by molar-refractivity contribution is 5.47. The van der Waals surface area contributed by atoms with Crippen LogP contribution in [0.4, 0.5) is 11.6 Å². The monoisotopic (exact) mass is 280 g/mol. The molecule has 5 nitrogen and oxygen atoms in total. The van der Waals surface area contributed by atoms with E-state index >= 15 is 0 Å². The van der Waals surface area contributed by atoms with Crippen LogP contribution in [-0.2, 0) is 11.3 Å². The molecule has 0 bridgehead atoms. The Balaban J connectivity index is 2.79. The molecule has 1 heterocycles. The summed E-state index contributed by atoms with van der Waals surface area (Å²) in [5.41, 5.74) is 0. The molecule has 0 aliphatic rings. The molecule has 5 heteroatoms. The molecule has 1 rings (SSSR count). The van der Waals surface area contributed by atoms with E-state index < -0.39 is 0 Å². The highest BCUT2D eigenvalue weighted by atomic mass is 16.5. The zero-order valence-electron chi connectivity index (χ0n) is 13.4. The Morgan fingerprint density at radius 1 is 1.15 bits per heavy atom. The Hall–Kier alpha value is -1.36. The molecule has 20 heavy (non-hydrogen) atoms. The van der Waals surface area contributed by atoms with Gasteiger partial charge in [0.05, 0.1) is 0 Å². The van der Waals surface area contributed by atoms with E-state index in [1.165, 1.54) is 0 Å². The van der Waals surface area contributed by atoms with Crippen molar-refractivity contribution in [1.29, 1.82) is 0 Å². The first-order valence-corrected chi connectivity index (χ1v) is 7.51. The normalized spacial score (nSPS) is 12.5. The second kappa shape index (κ2) is 8.74. The zero-order valence-corrected chi connectivity index (χ0v) is 13.4. The first-order chi connectivity index (χ1) is 9.55. The van der Waals surface area contributed by atoms with E-state index in [2.05, 4.69) is 48.3 Å². The van der Waals surface area contributed by atoms with Crippen LogP contribution in [0.5, 0.6) is 0 Å². The highest BCUT2D eigenvalue weighted by Crippen LogP contribution is 2.15. The van der Waals surface area contributed by atoms with Gasteiger partial charge in [-0.15, -0.1) is 0 Å². The van der Waals surface area contributed by atoms with E-state index in [1.807, 2.05) is 13.0 Å². The lowest BCUT2D eigenvalue weighted by Crippen LogP contribution is -2.19. The highest BCUT2D eigenvalue weighted by Gasteiger charge is 2.09. The minimum atomic E-state index is 0.388. The molecule has 0 saturated carbocycles. The van der Waals surface area contributed by atoms with E-state index in [0.717, 1.165) is 24.6 Å². The molecule has 0 amide bonds. The van der Waals surface area contributed by atoms with Gasteiger partial charge in [-0.25, -0.2) is 9.97 Å². The van der Waals surface area contributed by atoms with Crippen LogP contribution in [0.1, 0.15) is 46.9 Å². The standard InChI is InChI=1S/C15H28N4O/c1-6-16-13-9-14(17-12(5)8-11(3)4)19-15(18-13)10-20-7-2/h9,11-12H,6-8,10H2,1-5H3,(H2,16,17,18,19). The summed E-state index contributed by atoms with van der Waals surface area (Å²) in [6.45, 7) is 12.6. The molecule has 0 aliphatic heterocycles. The molecule has 0 spiro atoms. The average Bonchev–Trinajstić information content (AvgIpc) is 2.35.